The summed E-state index contributed by atoms with van der Waals surface area (Å²) in [6.45, 7) is 0.899. The molecule has 2 heterocycles. The molecule has 0 fully saturated rings. The molecule has 2 aromatic heterocycles. The molecule has 0 aliphatic heterocycles. The molecular formula is C8H11N5S. The third kappa shape index (κ3) is 2.53. The van der Waals surface area contributed by atoms with Crippen LogP contribution in [0.5, 0.6) is 0 Å². The van der Waals surface area contributed by atoms with Gasteiger partial charge in [0.2, 0.25) is 5.13 Å². The maximum Gasteiger partial charge on any atom is 0.202 e. The molecule has 74 valence electrons. The van der Waals surface area contributed by atoms with E-state index in [-0.39, 0.29) is 0 Å². The average molecular weight is 209 g/mol. The van der Waals surface area contributed by atoms with Crippen LogP contribution >= 0.6 is 11.5 Å². The van der Waals surface area contributed by atoms with Gasteiger partial charge in [-0.3, -0.25) is 0 Å². The maximum atomic E-state index is 4.14. The summed E-state index contributed by atoms with van der Waals surface area (Å²) >= 11 is 1.38. The highest BCUT2D eigenvalue weighted by Crippen LogP contribution is 2.06. The van der Waals surface area contributed by atoms with Crippen LogP contribution in [0.4, 0.5) is 5.13 Å². The fourth-order valence-electron chi connectivity index (χ4n) is 1.14. The second-order valence-electron chi connectivity index (χ2n) is 2.81. The normalized spacial score (nSPS) is 10.3. The van der Waals surface area contributed by atoms with Crippen molar-refractivity contribution in [2.45, 2.75) is 12.8 Å². The van der Waals surface area contributed by atoms with Crippen molar-refractivity contribution in [1.29, 1.82) is 0 Å². The molecule has 0 amide bonds. The van der Waals surface area contributed by atoms with Gasteiger partial charge in [-0.25, -0.2) is 9.97 Å². The zero-order valence-corrected chi connectivity index (χ0v) is 8.42. The molecule has 0 unspecified atom stereocenters. The number of H-pyrrole nitrogens is 1. The number of hydrogen-bond acceptors (Lipinski definition) is 5. The Bertz CT molecular complexity index is 305. The number of aromatic amines is 1. The minimum atomic E-state index is 0.879. The van der Waals surface area contributed by atoms with E-state index in [1.807, 2.05) is 6.20 Å². The number of aromatic nitrogens is 4. The molecule has 6 heteroatoms. The standard InChI is InChI=1S/C8H11N5S/c1(2-7-9-4-5-10-7)3-11-8-12-6-13-14-8/h4-6H,1-3H2,(H,9,10)(H,11,12,13). The highest BCUT2D eigenvalue weighted by molar-refractivity contribution is 7.09. The highest BCUT2D eigenvalue weighted by Gasteiger charge is 1.96. The van der Waals surface area contributed by atoms with E-state index in [0.29, 0.717) is 0 Å². The first-order chi connectivity index (χ1) is 6.95. The summed E-state index contributed by atoms with van der Waals surface area (Å²) in [5.41, 5.74) is 0. The zero-order chi connectivity index (χ0) is 9.64. The zero-order valence-electron chi connectivity index (χ0n) is 7.60. The van der Waals surface area contributed by atoms with Gasteiger partial charge in [0.05, 0.1) is 0 Å². The van der Waals surface area contributed by atoms with Crippen molar-refractivity contribution in [2.24, 2.45) is 0 Å². The van der Waals surface area contributed by atoms with E-state index in [0.717, 1.165) is 30.3 Å². The third-order valence-electron chi connectivity index (χ3n) is 1.78. The van der Waals surface area contributed by atoms with Gasteiger partial charge < -0.3 is 10.3 Å². The lowest BCUT2D eigenvalue weighted by Gasteiger charge is -1.99. The van der Waals surface area contributed by atoms with Crippen molar-refractivity contribution in [3.8, 4) is 0 Å². The Morgan fingerprint density at radius 1 is 1.43 bits per heavy atom. The summed E-state index contributed by atoms with van der Waals surface area (Å²) < 4.78 is 3.90. The van der Waals surface area contributed by atoms with Crippen LogP contribution in [0.2, 0.25) is 0 Å². The molecule has 0 saturated heterocycles. The van der Waals surface area contributed by atoms with Gasteiger partial charge >= 0.3 is 0 Å². The van der Waals surface area contributed by atoms with Gasteiger partial charge in [0.1, 0.15) is 12.2 Å². The summed E-state index contributed by atoms with van der Waals surface area (Å²) in [5, 5.41) is 4.07. The van der Waals surface area contributed by atoms with E-state index >= 15 is 0 Å². The van der Waals surface area contributed by atoms with Crippen LogP contribution in [0.15, 0.2) is 18.7 Å². The Kier molecular flexibility index (Phi) is 3.07. The van der Waals surface area contributed by atoms with Crippen molar-refractivity contribution >= 4 is 16.7 Å². The molecule has 2 rings (SSSR count). The summed E-state index contributed by atoms with van der Waals surface area (Å²) in [5.74, 6) is 1.03. The van der Waals surface area contributed by atoms with Crippen LogP contribution in [-0.4, -0.2) is 25.9 Å². The largest absolute Gasteiger partial charge is 0.360 e. The highest BCUT2D eigenvalue weighted by atomic mass is 32.1. The first-order valence-electron chi connectivity index (χ1n) is 4.44. The summed E-state index contributed by atoms with van der Waals surface area (Å²) in [6, 6.07) is 0. The summed E-state index contributed by atoms with van der Waals surface area (Å²) in [6.07, 6.45) is 7.16. The lowest BCUT2D eigenvalue weighted by atomic mass is 10.3. The lowest BCUT2D eigenvalue weighted by Crippen LogP contribution is -2.03. The van der Waals surface area contributed by atoms with E-state index in [9.17, 15) is 0 Å². The molecule has 0 aliphatic carbocycles. The van der Waals surface area contributed by atoms with E-state index in [4.69, 9.17) is 0 Å². The van der Waals surface area contributed by atoms with Gasteiger partial charge in [0, 0.05) is 36.9 Å². The molecule has 0 aromatic carbocycles. The van der Waals surface area contributed by atoms with Gasteiger partial charge in [0.15, 0.2) is 0 Å². The first kappa shape index (κ1) is 9.14. The molecule has 2 N–H and O–H groups in total. The number of hydrogen-bond donors (Lipinski definition) is 2. The molecule has 0 radical (unpaired) electrons. The van der Waals surface area contributed by atoms with Crippen LogP contribution in [0.1, 0.15) is 12.2 Å². The van der Waals surface area contributed by atoms with Crippen molar-refractivity contribution < 1.29 is 0 Å². The van der Waals surface area contributed by atoms with Gasteiger partial charge in [-0.05, 0) is 6.42 Å². The predicted molar refractivity (Wildman–Crippen MR) is 55.3 cm³/mol. The van der Waals surface area contributed by atoms with Crippen LogP contribution in [0, 0.1) is 0 Å². The third-order valence-corrected chi connectivity index (χ3v) is 2.41. The molecule has 5 nitrogen and oxygen atoms in total. The van der Waals surface area contributed by atoms with Crippen molar-refractivity contribution in [3.63, 3.8) is 0 Å². The number of aryl methyl sites for hydroxylation is 1. The van der Waals surface area contributed by atoms with Gasteiger partial charge in [0.25, 0.3) is 0 Å². The van der Waals surface area contributed by atoms with Gasteiger partial charge in [-0.1, -0.05) is 0 Å². The predicted octanol–water partition coefficient (Wildman–Crippen LogP) is 1.31. The van der Waals surface area contributed by atoms with E-state index in [1.54, 1.807) is 12.5 Å². The van der Waals surface area contributed by atoms with Crippen LogP contribution in [0.3, 0.4) is 0 Å². The molecule has 14 heavy (non-hydrogen) atoms. The fraction of sp³-hybridized carbons (Fsp3) is 0.375. The average Bonchev–Trinajstić information content (AvgIpc) is 2.86. The van der Waals surface area contributed by atoms with E-state index < -0.39 is 0 Å². The monoisotopic (exact) mass is 209 g/mol. The molecule has 0 aliphatic rings. The summed E-state index contributed by atoms with van der Waals surface area (Å²) in [7, 11) is 0. The summed E-state index contributed by atoms with van der Waals surface area (Å²) in [4.78, 5) is 11.2. The smallest absolute Gasteiger partial charge is 0.202 e. The van der Waals surface area contributed by atoms with Gasteiger partial charge in [-0.2, -0.15) is 4.37 Å². The minimum absolute atomic E-state index is 0.879. The minimum Gasteiger partial charge on any atom is -0.360 e. The Morgan fingerprint density at radius 3 is 3.14 bits per heavy atom. The van der Waals surface area contributed by atoms with Crippen LogP contribution < -0.4 is 5.32 Å². The molecular weight excluding hydrogens is 198 g/mol. The van der Waals surface area contributed by atoms with E-state index in [1.165, 1.54) is 11.5 Å². The number of anilines is 1. The van der Waals surface area contributed by atoms with Gasteiger partial charge in [-0.15, -0.1) is 0 Å². The fourth-order valence-corrected chi connectivity index (χ4v) is 1.59. The maximum absolute atomic E-state index is 4.14. The van der Waals surface area contributed by atoms with Crippen LogP contribution in [-0.2, 0) is 6.42 Å². The second kappa shape index (κ2) is 4.71. The Morgan fingerprint density at radius 2 is 2.43 bits per heavy atom. The topological polar surface area (TPSA) is 66.5 Å². The second-order valence-corrected chi connectivity index (χ2v) is 3.59. The number of imidazole rings is 1. The Hall–Kier alpha value is -1.43. The first-order valence-corrected chi connectivity index (χ1v) is 5.21. The van der Waals surface area contributed by atoms with Crippen molar-refractivity contribution in [2.75, 3.05) is 11.9 Å². The van der Waals surface area contributed by atoms with E-state index in [2.05, 4.69) is 24.6 Å². The van der Waals surface area contributed by atoms with Crippen molar-refractivity contribution in [1.82, 2.24) is 19.3 Å². The molecule has 2 aromatic rings. The quantitative estimate of drug-likeness (QED) is 0.728. The molecule has 0 saturated carbocycles. The number of nitrogens with one attached hydrogen (secondary N) is 2. The number of nitrogens with zero attached hydrogens (tertiary/aromatic N) is 3. The molecule has 0 spiro atoms. The molecule has 0 bridgehead atoms. The number of rotatable bonds is 5. The lowest BCUT2D eigenvalue weighted by molar-refractivity contribution is 0.816. The van der Waals surface area contributed by atoms with Crippen LogP contribution in [0.25, 0.3) is 0 Å². The molecule has 0 atom stereocenters. The SMILES string of the molecule is c1c[nH]c(CCCNc2ncns2)n1. The Balaban J connectivity index is 1.65. The Labute approximate surface area is 85.8 Å². The van der Waals surface area contributed by atoms with Crippen molar-refractivity contribution in [3.05, 3.63) is 24.5 Å².